The summed E-state index contributed by atoms with van der Waals surface area (Å²) in [6.07, 6.45) is 4.57. The first-order valence-electron chi connectivity index (χ1n) is 6.23. The molecule has 2 rings (SSSR count). The number of carbonyl (C=O) groups excluding carboxylic acids is 1. The van der Waals surface area contributed by atoms with Gasteiger partial charge in [0.15, 0.2) is 0 Å². The second-order valence-corrected chi connectivity index (χ2v) is 6.03. The zero-order chi connectivity index (χ0) is 11.3. The molecule has 2 heteroatoms. The Morgan fingerprint density at radius 2 is 1.87 bits per heavy atom. The van der Waals surface area contributed by atoms with Crippen molar-refractivity contribution in [2.75, 3.05) is 0 Å². The molecule has 86 valence electrons. The average Bonchev–Trinajstić information content (AvgIpc) is 2.70. The molecule has 0 unspecified atom stereocenters. The number of fused-ring (bicyclic) bond motifs is 2. The second kappa shape index (κ2) is 3.23. The van der Waals surface area contributed by atoms with Crippen LogP contribution in [0.4, 0.5) is 0 Å². The lowest BCUT2D eigenvalue weighted by Gasteiger charge is -2.48. The van der Waals surface area contributed by atoms with E-state index in [0.717, 1.165) is 5.92 Å². The predicted octanol–water partition coefficient (Wildman–Crippen LogP) is 2.73. The number of carbonyl (C=O) groups is 1. The SMILES string of the molecule is CCC(=O)N[C@@]1(C)[C@H]2CC[C@@H](C2)C1(C)C. The van der Waals surface area contributed by atoms with Crippen LogP contribution >= 0.6 is 0 Å². The van der Waals surface area contributed by atoms with Crippen LogP contribution in [0.1, 0.15) is 53.4 Å². The molecule has 2 fully saturated rings. The Balaban J connectivity index is 2.23. The van der Waals surface area contributed by atoms with Gasteiger partial charge in [-0.05, 0) is 43.4 Å². The van der Waals surface area contributed by atoms with Crippen LogP contribution in [0, 0.1) is 17.3 Å². The topological polar surface area (TPSA) is 29.1 Å². The van der Waals surface area contributed by atoms with E-state index in [4.69, 9.17) is 0 Å². The molecule has 2 aliphatic carbocycles. The van der Waals surface area contributed by atoms with Crippen LogP contribution in [0.2, 0.25) is 0 Å². The van der Waals surface area contributed by atoms with Crippen LogP contribution in [-0.4, -0.2) is 11.4 Å². The van der Waals surface area contributed by atoms with Crippen molar-refractivity contribution < 1.29 is 4.79 Å². The Bertz CT molecular complexity index is 284. The maximum Gasteiger partial charge on any atom is 0.220 e. The van der Waals surface area contributed by atoms with E-state index in [1.54, 1.807) is 0 Å². The molecule has 0 aliphatic heterocycles. The fraction of sp³-hybridized carbons (Fsp3) is 0.923. The molecule has 2 nitrogen and oxygen atoms in total. The zero-order valence-corrected chi connectivity index (χ0v) is 10.4. The summed E-state index contributed by atoms with van der Waals surface area (Å²) in [4.78, 5) is 11.6. The van der Waals surface area contributed by atoms with Crippen molar-refractivity contribution in [3.05, 3.63) is 0 Å². The Hall–Kier alpha value is -0.530. The number of hydrogen-bond acceptors (Lipinski definition) is 1. The van der Waals surface area contributed by atoms with E-state index < -0.39 is 0 Å². The molecule has 2 aliphatic rings. The maximum absolute atomic E-state index is 11.6. The molecule has 3 atom stereocenters. The fourth-order valence-electron chi connectivity index (χ4n) is 3.75. The smallest absolute Gasteiger partial charge is 0.220 e. The fourth-order valence-corrected chi connectivity index (χ4v) is 3.75. The van der Waals surface area contributed by atoms with Crippen LogP contribution in [0.3, 0.4) is 0 Å². The largest absolute Gasteiger partial charge is 0.350 e. The van der Waals surface area contributed by atoms with Gasteiger partial charge in [0.25, 0.3) is 0 Å². The normalized spacial score (nSPS) is 41.9. The second-order valence-electron chi connectivity index (χ2n) is 6.03. The average molecular weight is 209 g/mol. The van der Waals surface area contributed by atoms with Gasteiger partial charge < -0.3 is 5.32 Å². The van der Waals surface area contributed by atoms with Crippen molar-refractivity contribution in [2.45, 2.75) is 58.9 Å². The number of amides is 1. The molecule has 0 aromatic carbocycles. The van der Waals surface area contributed by atoms with E-state index in [1.807, 2.05) is 6.92 Å². The van der Waals surface area contributed by atoms with E-state index >= 15 is 0 Å². The Labute approximate surface area is 92.8 Å². The lowest BCUT2D eigenvalue weighted by Crippen LogP contribution is -2.59. The third-order valence-electron chi connectivity index (χ3n) is 5.33. The standard InChI is InChI=1S/C13H23NO/c1-5-11(15)14-13(4)10-7-6-9(8-10)12(13,2)3/h9-10H,5-8H2,1-4H3,(H,14,15)/t9-,10-,13-/m0/s1. The molecular weight excluding hydrogens is 186 g/mol. The summed E-state index contributed by atoms with van der Waals surface area (Å²) in [5.74, 6) is 1.72. The Morgan fingerprint density at radius 3 is 2.33 bits per heavy atom. The first-order valence-corrected chi connectivity index (χ1v) is 6.23. The molecule has 0 saturated heterocycles. The summed E-state index contributed by atoms with van der Waals surface area (Å²) in [5.41, 5.74) is 0.295. The summed E-state index contributed by atoms with van der Waals surface area (Å²) in [5, 5.41) is 3.29. The Kier molecular flexibility index (Phi) is 2.36. The molecular formula is C13H23NO. The van der Waals surface area contributed by atoms with Crippen LogP contribution in [0.5, 0.6) is 0 Å². The van der Waals surface area contributed by atoms with Crippen LogP contribution in [-0.2, 0) is 4.79 Å². The number of hydrogen-bond donors (Lipinski definition) is 1. The number of rotatable bonds is 2. The van der Waals surface area contributed by atoms with Crippen LogP contribution in [0.15, 0.2) is 0 Å². The highest BCUT2D eigenvalue weighted by Crippen LogP contribution is 2.61. The van der Waals surface area contributed by atoms with Gasteiger partial charge in [-0.3, -0.25) is 4.79 Å². The third-order valence-corrected chi connectivity index (χ3v) is 5.33. The minimum absolute atomic E-state index is 0.0308. The van der Waals surface area contributed by atoms with Gasteiger partial charge in [-0.15, -0.1) is 0 Å². The monoisotopic (exact) mass is 209 g/mol. The minimum Gasteiger partial charge on any atom is -0.350 e. The molecule has 1 amide bonds. The van der Waals surface area contributed by atoms with Crippen molar-refractivity contribution in [2.24, 2.45) is 17.3 Å². The summed E-state index contributed by atoms with van der Waals surface area (Å²) >= 11 is 0. The van der Waals surface area contributed by atoms with Crippen molar-refractivity contribution in [1.82, 2.24) is 5.32 Å². The highest BCUT2D eigenvalue weighted by Gasteiger charge is 2.60. The molecule has 2 bridgehead atoms. The quantitative estimate of drug-likeness (QED) is 0.744. The van der Waals surface area contributed by atoms with Gasteiger partial charge in [-0.2, -0.15) is 0 Å². The van der Waals surface area contributed by atoms with Gasteiger partial charge in [-0.25, -0.2) is 0 Å². The molecule has 0 radical (unpaired) electrons. The highest BCUT2D eigenvalue weighted by atomic mass is 16.1. The van der Waals surface area contributed by atoms with E-state index in [1.165, 1.54) is 19.3 Å². The van der Waals surface area contributed by atoms with Gasteiger partial charge in [0.2, 0.25) is 5.91 Å². The summed E-state index contributed by atoms with van der Waals surface area (Å²) in [6.45, 7) is 8.84. The minimum atomic E-state index is 0.0308. The van der Waals surface area contributed by atoms with Gasteiger partial charge in [-0.1, -0.05) is 20.8 Å². The Morgan fingerprint density at radius 1 is 1.27 bits per heavy atom. The highest BCUT2D eigenvalue weighted by molar-refractivity contribution is 5.76. The molecule has 0 aromatic heterocycles. The van der Waals surface area contributed by atoms with Crippen LogP contribution < -0.4 is 5.32 Å². The third kappa shape index (κ3) is 1.33. The molecule has 1 N–H and O–H groups in total. The van der Waals surface area contributed by atoms with Gasteiger partial charge in [0.05, 0.1) is 0 Å². The van der Waals surface area contributed by atoms with Crippen LogP contribution in [0.25, 0.3) is 0 Å². The molecule has 15 heavy (non-hydrogen) atoms. The van der Waals surface area contributed by atoms with Crippen molar-refractivity contribution in [3.63, 3.8) is 0 Å². The lowest BCUT2D eigenvalue weighted by atomic mass is 9.64. The molecule has 0 spiro atoms. The van der Waals surface area contributed by atoms with Crippen molar-refractivity contribution in [1.29, 1.82) is 0 Å². The maximum atomic E-state index is 11.6. The van der Waals surface area contributed by atoms with Gasteiger partial charge in [0.1, 0.15) is 0 Å². The van der Waals surface area contributed by atoms with Gasteiger partial charge >= 0.3 is 0 Å². The molecule has 2 saturated carbocycles. The van der Waals surface area contributed by atoms with E-state index in [2.05, 4.69) is 26.1 Å². The van der Waals surface area contributed by atoms with Crippen molar-refractivity contribution in [3.8, 4) is 0 Å². The first kappa shape index (κ1) is 11.0. The summed E-state index contributed by atoms with van der Waals surface area (Å²) < 4.78 is 0. The van der Waals surface area contributed by atoms with Gasteiger partial charge in [0, 0.05) is 12.0 Å². The van der Waals surface area contributed by atoms with E-state index in [0.29, 0.717) is 12.3 Å². The summed E-state index contributed by atoms with van der Waals surface area (Å²) in [7, 11) is 0. The van der Waals surface area contributed by atoms with E-state index in [-0.39, 0.29) is 16.9 Å². The lowest BCUT2D eigenvalue weighted by molar-refractivity contribution is -0.125. The molecule has 0 aromatic rings. The number of nitrogens with one attached hydrogen (secondary N) is 1. The first-order chi connectivity index (χ1) is 6.91. The summed E-state index contributed by atoms with van der Waals surface area (Å²) in [6, 6.07) is 0. The van der Waals surface area contributed by atoms with E-state index in [9.17, 15) is 4.79 Å². The zero-order valence-electron chi connectivity index (χ0n) is 10.4. The molecule has 0 heterocycles. The van der Waals surface area contributed by atoms with Crippen molar-refractivity contribution >= 4 is 5.91 Å². The predicted molar refractivity (Wildman–Crippen MR) is 61.5 cm³/mol.